The maximum Gasteiger partial charge on any atom is 0.408 e. The van der Waals surface area contributed by atoms with Crippen LogP contribution in [0, 0.1) is 32.6 Å². The Hall–Kier alpha value is -3.55. The predicted molar refractivity (Wildman–Crippen MR) is 173 cm³/mol. The van der Waals surface area contributed by atoms with Gasteiger partial charge in [-0.15, -0.1) is 0 Å². The van der Waals surface area contributed by atoms with Crippen LogP contribution in [0.4, 0.5) is 10.5 Å². The summed E-state index contributed by atoms with van der Waals surface area (Å²) in [7, 11) is 0. The van der Waals surface area contributed by atoms with Crippen molar-refractivity contribution in [3.63, 3.8) is 0 Å². The van der Waals surface area contributed by atoms with Crippen LogP contribution in [-0.4, -0.2) is 45.6 Å². The van der Waals surface area contributed by atoms with E-state index in [0.717, 1.165) is 17.5 Å². The van der Waals surface area contributed by atoms with Crippen LogP contribution in [0.1, 0.15) is 103 Å². The molecule has 3 atom stereocenters. The summed E-state index contributed by atoms with van der Waals surface area (Å²) in [4.78, 5) is 43.6. The molecule has 0 saturated heterocycles. The Bertz CT molecular complexity index is 1240. The van der Waals surface area contributed by atoms with E-state index in [9.17, 15) is 19.5 Å². The number of phenolic OH excluding ortho intramolecular Hbond substituents is 1. The van der Waals surface area contributed by atoms with Crippen molar-refractivity contribution in [2.24, 2.45) is 11.8 Å². The number of rotatable bonds is 12. The lowest BCUT2D eigenvalue weighted by atomic mass is 9.94. The maximum atomic E-state index is 14.6. The van der Waals surface area contributed by atoms with Crippen LogP contribution in [0.3, 0.4) is 0 Å². The van der Waals surface area contributed by atoms with E-state index in [1.807, 2.05) is 52.8 Å². The lowest BCUT2D eigenvalue weighted by molar-refractivity contribution is -0.144. The summed E-state index contributed by atoms with van der Waals surface area (Å²) in [6.07, 6.45) is 1.19. The zero-order chi connectivity index (χ0) is 32.6. The molecule has 0 saturated carbocycles. The molecular weight excluding hydrogens is 542 g/mol. The molecule has 0 aromatic heterocycles. The first-order valence-electron chi connectivity index (χ1n) is 15.4. The van der Waals surface area contributed by atoms with E-state index in [0.29, 0.717) is 35.6 Å². The number of alkyl carbamates (subject to hydrolysis) is 1. The number of para-hydroxylation sites is 1. The molecule has 3 unspecified atom stereocenters. The average Bonchev–Trinajstić information content (AvgIpc) is 2.87. The van der Waals surface area contributed by atoms with Crippen molar-refractivity contribution >= 4 is 23.6 Å². The summed E-state index contributed by atoms with van der Waals surface area (Å²) in [5.41, 5.74) is 2.94. The minimum Gasteiger partial charge on any atom is -0.508 e. The molecule has 3 N–H and O–H groups in total. The first-order chi connectivity index (χ1) is 19.9. The first-order valence-corrected chi connectivity index (χ1v) is 15.4. The van der Waals surface area contributed by atoms with Crippen molar-refractivity contribution in [2.45, 2.75) is 119 Å². The van der Waals surface area contributed by atoms with Crippen LogP contribution in [0.5, 0.6) is 5.75 Å². The number of anilines is 1. The highest BCUT2D eigenvalue weighted by Crippen LogP contribution is 2.32. The van der Waals surface area contributed by atoms with E-state index in [1.165, 1.54) is 0 Å². The third-order valence-corrected chi connectivity index (χ3v) is 7.38. The monoisotopic (exact) mass is 595 g/mol. The largest absolute Gasteiger partial charge is 0.508 e. The van der Waals surface area contributed by atoms with Crippen LogP contribution < -0.4 is 10.6 Å². The molecule has 0 aliphatic rings. The van der Waals surface area contributed by atoms with Crippen LogP contribution in [0.15, 0.2) is 36.4 Å². The van der Waals surface area contributed by atoms with E-state index in [2.05, 4.69) is 24.5 Å². The molecule has 0 bridgehead atoms. The van der Waals surface area contributed by atoms with Gasteiger partial charge in [0.05, 0.1) is 0 Å². The topological polar surface area (TPSA) is 108 Å². The molecule has 0 fully saturated rings. The van der Waals surface area contributed by atoms with E-state index in [-0.39, 0.29) is 29.5 Å². The van der Waals surface area contributed by atoms with Crippen molar-refractivity contribution in [3.8, 4) is 5.75 Å². The molecule has 0 spiro atoms. The van der Waals surface area contributed by atoms with Gasteiger partial charge in [0.2, 0.25) is 5.91 Å². The average molecular weight is 596 g/mol. The van der Waals surface area contributed by atoms with Crippen LogP contribution in [0.2, 0.25) is 0 Å². The standard InChI is InChI=1S/C35H53N3O5/c1-21(2)15-16-26(8)38(33(41)28(19-22(3)4)36-34(42)43-35(9,10)11)31(27-17-18-29(39)25(7)20-27)32(40)37-30-23(5)13-12-14-24(30)6/h12-14,17-18,20-22,26,28,31,39H,15-16,19H2,1-11H3,(H,36,42)(H,37,40). The Morgan fingerprint density at radius 3 is 2.00 bits per heavy atom. The van der Waals surface area contributed by atoms with Gasteiger partial charge in [0.25, 0.3) is 5.91 Å². The number of nitrogens with zero attached hydrogens (tertiary/aromatic N) is 1. The molecule has 0 aliphatic carbocycles. The quantitative estimate of drug-likeness (QED) is 0.234. The van der Waals surface area contributed by atoms with Gasteiger partial charge in [-0.3, -0.25) is 9.59 Å². The van der Waals surface area contributed by atoms with Gasteiger partial charge < -0.3 is 25.4 Å². The third kappa shape index (κ3) is 10.6. The molecule has 2 rings (SSSR count). The molecule has 0 radical (unpaired) electrons. The smallest absolute Gasteiger partial charge is 0.408 e. The SMILES string of the molecule is Cc1cc(C(C(=O)Nc2c(C)cccc2C)N(C(=O)C(CC(C)C)NC(=O)OC(C)(C)C)C(C)CCC(C)C)ccc1O. The molecule has 2 aromatic rings. The lowest BCUT2D eigenvalue weighted by Gasteiger charge is -2.39. The fourth-order valence-corrected chi connectivity index (χ4v) is 5.13. The minimum atomic E-state index is -1.02. The van der Waals surface area contributed by atoms with E-state index < -0.39 is 23.8 Å². The summed E-state index contributed by atoms with van der Waals surface area (Å²) < 4.78 is 5.52. The number of ether oxygens (including phenoxy) is 1. The number of phenols is 1. The molecular formula is C35H53N3O5. The molecule has 3 amide bonds. The number of aromatic hydroxyl groups is 1. The Kier molecular flexibility index (Phi) is 12.6. The van der Waals surface area contributed by atoms with Crippen LogP contribution >= 0.6 is 0 Å². The third-order valence-electron chi connectivity index (χ3n) is 7.38. The highest BCUT2D eigenvalue weighted by molar-refractivity contribution is 6.00. The molecule has 8 heteroatoms. The molecule has 238 valence electrons. The van der Waals surface area contributed by atoms with Gasteiger partial charge in [-0.05, 0) is 114 Å². The number of hydrogen-bond acceptors (Lipinski definition) is 5. The minimum absolute atomic E-state index is 0.0783. The number of benzene rings is 2. The van der Waals surface area contributed by atoms with Crippen LogP contribution in [0.25, 0.3) is 0 Å². The van der Waals surface area contributed by atoms with Crippen molar-refractivity contribution in [3.05, 3.63) is 58.7 Å². The lowest BCUT2D eigenvalue weighted by Crippen LogP contribution is -2.55. The summed E-state index contributed by atoms with van der Waals surface area (Å²) in [5.74, 6) is -0.151. The van der Waals surface area contributed by atoms with Gasteiger partial charge in [-0.2, -0.15) is 0 Å². The molecule has 43 heavy (non-hydrogen) atoms. The summed E-state index contributed by atoms with van der Waals surface area (Å²) in [5, 5.41) is 16.2. The van der Waals surface area contributed by atoms with Gasteiger partial charge in [-0.1, -0.05) is 52.0 Å². The Balaban J connectivity index is 2.71. The normalized spacial score (nSPS) is 13.8. The van der Waals surface area contributed by atoms with Crippen molar-refractivity contribution in [2.75, 3.05) is 5.32 Å². The van der Waals surface area contributed by atoms with Gasteiger partial charge in [0.15, 0.2) is 0 Å². The Labute approximate surface area is 258 Å². The van der Waals surface area contributed by atoms with Crippen molar-refractivity contribution in [1.29, 1.82) is 0 Å². The first kappa shape index (κ1) is 35.6. The summed E-state index contributed by atoms with van der Waals surface area (Å²) in [6, 6.07) is 8.50. The Morgan fingerprint density at radius 1 is 0.884 bits per heavy atom. The number of hydrogen-bond donors (Lipinski definition) is 3. The predicted octanol–water partition coefficient (Wildman–Crippen LogP) is 7.59. The summed E-state index contributed by atoms with van der Waals surface area (Å²) in [6.45, 7) is 21.1. The molecule has 8 nitrogen and oxygen atoms in total. The van der Waals surface area contributed by atoms with E-state index in [4.69, 9.17) is 4.74 Å². The van der Waals surface area contributed by atoms with Gasteiger partial charge in [0.1, 0.15) is 23.4 Å². The Morgan fingerprint density at radius 2 is 1.49 bits per heavy atom. The molecule has 0 aliphatic heterocycles. The fourth-order valence-electron chi connectivity index (χ4n) is 5.13. The number of nitrogens with one attached hydrogen (secondary N) is 2. The zero-order valence-electron chi connectivity index (χ0n) is 28.0. The second-order valence-corrected chi connectivity index (χ2v) is 13.6. The maximum absolute atomic E-state index is 14.6. The molecule has 2 aromatic carbocycles. The van der Waals surface area contributed by atoms with E-state index in [1.54, 1.807) is 50.8 Å². The fraction of sp³-hybridized carbons (Fsp3) is 0.571. The highest BCUT2D eigenvalue weighted by atomic mass is 16.6. The number of carbonyl (C=O) groups is 3. The van der Waals surface area contributed by atoms with Crippen LogP contribution in [-0.2, 0) is 14.3 Å². The number of amides is 3. The number of aryl methyl sites for hydroxylation is 3. The van der Waals surface area contributed by atoms with Gasteiger partial charge in [0, 0.05) is 11.7 Å². The highest BCUT2D eigenvalue weighted by Gasteiger charge is 2.39. The molecule has 0 heterocycles. The van der Waals surface area contributed by atoms with Crippen molar-refractivity contribution in [1.82, 2.24) is 10.2 Å². The number of carbonyl (C=O) groups excluding carboxylic acids is 3. The zero-order valence-corrected chi connectivity index (χ0v) is 28.0. The second kappa shape index (κ2) is 15.3. The van der Waals surface area contributed by atoms with Crippen molar-refractivity contribution < 1.29 is 24.2 Å². The van der Waals surface area contributed by atoms with Gasteiger partial charge in [-0.25, -0.2) is 4.79 Å². The van der Waals surface area contributed by atoms with Gasteiger partial charge >= 0.3 is 6.09 Å². The summed E-state index contributed by atoms with van der Waals surface area (Å²) >= 11 is 0. The second-order valence-electron chi connectivity index (χ2n) is 13.6. The van der Waals surface area contributed by atoms with E-state index >= 15 is 0 Å².